The lowest BCUT2D eigenvalue weighted by Crippen LogP contribution is -2.42. The molecule has 0 saturated heterocycles. The molecule has 5 nitrogen and oxygen atoms in total. The molecule has 1 N–H and O–H groups in total. The maximum Gasteiger partial charge on any atom is 0.346 e. The van der Waals surface area contributed by atoms with Crippen LogP contribution in [0.5, 0.6) is 0 Å². The van der Waals surface area contributed by atoms with Gasteiger partial charge in [-0.25, -0.2) is 21.2 Å². The van der Waals surface area contributed by atoms with E-state index in [1.807, 2.05) is 0 Å². The molecular formula is C15H13FO5S2. The van der Waals surface area contributed by atoms with Crippen molar-refractivity contribution in [3.8, 4) is 0 Å². The number of benzene rings is 2. The van der Waals surface area contributed by atoms with Crippen LogP contribution in [0.3, 0.4) is 0 Å². The van der Waals surface area contributed by atoms with Crippen molar-refractivity contribution in [2.75, 3.05) is 0 Å². The molecule has 0 radical (unpaired) electrons. The number of rotatable bonds is 2. The van der Waals surface area contributed by atoms with Crippen molar-refractivity contribution in [1.82, 2.24) is 0 Å². The van der Waals surface area contributed by atoms with Crippen molar-refractivity contribution in [2.24, 2.45) is 0 Å². The van der Waals surface area contributed by atoms with Gasteiger partial charge >= 0.3 is 4.33 Å². The highest BCUT2D eigenvalue weighted by atomic mass is 32.3. The van der Waals surface area contributed by atoms with Gasteiger partial charge in [-0.1, -0.05) is 42.0 Å². The van der Waals surface area contributed by atoms with Gasteiger partial charge in [-0.15, -0.1) is 0 Å². The number of aliphatic hydroxyl groups is 1. The van der Waals surface area contributed by atoms with Crippen molar-refractivity contribution < 1.29 is 26.3 Å². The first-order chi connectivity index (χ1) is 10.6. The molecule has 1 unspecified atom stereocenters. The molecular weight excluding hydrogens is 343 g/mol. The molecule has 1 aliphatic rings. The fourth-order valence-electron chi connectivity index (χ4n) is 2.58. The zero-order chi connectivity index (χ0) is 17.0. The average Bonchev–Trinajstić information content (AvgIpc) is 2.65. The Bertz CT molecular complexity index is 926. The lowest BCUT2D eigenvalue weighted by atomic mass is 10.1. The van der Waals surface area contributed by atoms with Gasteiger partial charge in [-0.2, -0.15) is 0 Å². The maximum atomic E-state index is 15.4. The van der Waals surface area contributed by atoms with E-state index in [0.717, 1.165) is 17.7 Å². The van der Waals surface area contributed by atoms with Crippen LogP contribution in [0.25, 0.3) is 0 Å². The summed E-state index contributed by atoms with van der Waals surface area (Å²) in [5.41, 5.74) is 0.673. The first-order valence-electron chi connectivity index (χ1n) is 6.66. The molecule has 8 heteroatoms. The molecule has 2 aromatic carbocycles. The number of aliphatic hydroxyl groups excluding tert-OH is 1. The Morgan fingerprint density at radius 3 is 1.78 bits per heavy atom. The van der Waals surface area contributed by atoms with Gasteiger partial charge in [0, 0.05) is 0 Å². The van der Waals surface area contributed by atoms with Crippen molar-refractivity contribution in [2.45, 2.75) is 27.2 Å². The third kappa shape index (κ3) is 1.92. The molecule has 0 aliphatic carbocycles. The third-order valence-electron chi connectivity index (χ3n) is 3.88. The number of halogens is 1. The first-order valence-corrected chi connectivity index (χ1v) is 9.62. The molecule has 23 heavy (non-hydrogen) atoms. The van der Waals surface area contributed by atoms with Crippen molar-refractivity contribution in [3.05, 3.63) is 59.7 Å². The van der Waals surface area contributed by atoms with E-state index >= 15 is 4.39 Å². The van der Waals surface area contributed by atoms with E-state index in [4.69, 9.17) is 0 Å². The van der Waals surface area contributed by atoms with Gasteiger partial charge in [0.05, 0.1) is 9.79 Å². The molecule has 0 aromatic heterocycles. The maximum absolute atomic E-state index is 15.4. The topological polar surface area (TPSA) is 88.5 Å². The second-order valence-corrected chi connectivity index (χ2v) is 9.69. The van der Waals surface area contributed by atoms with Gasteiger partial charge in [-0.05, 0) is 24.6 Å². The van der Waals surface area contributed by atoms with Crippen LogP contribution in [0.2, 0.25) is 0 Å². The summed E-state index contributed by atoms with van der Waals surface area (Å²) in [5, 5.41) is 10.3. The number of fused-ring (bicyclic) bond motifs is 1. The molecule has 1 heterocycles. The fraction of sp³-hybridized carbons (Fsp3) is 0.200. The molecule has 3 rings (SSSR count). The summed E-state index contributed by atoms with van der Waals surface area (Å²) in [4.78, 5) is -1.26. The summed E-state index contributed by atoms with van der Waals surface area (Å²) in [6.07, 6.45) is -2.36. The quantitative estimate of drug-likeness (QED) is 0.888. The zero-order valence-electron chi connectivity index (χ0n) is 12.0. The second kappa shape index (κ2) is 4.86. The molecule has 1 aliphatic heterocycles. The van der Waals surface area contributed by atoms with E-state index in [1.165, 1.54) is 36.4 Å². The minimum atomic E-state index is -4.92. The highest BCUT2D eigenvalue weighted by Gasteiger charge is 2.68. The molecule has 0 fully saturated rings. The predicted molar refractivity (Wildman–Crippen MR) is 80.8 cm³/mol. The van der Waals surface area contributed by atoms with Crippen LogP contribution in [-0.4, -0.2) is 26.3 Å². The van der Waals surface area contributed by atoms with E-state index in [-0.39, 0.29) is 5.56 Å². The summed E-state index contributed by atoms with van der Waals surface area (Å²) in [7, 11) is -9.83. The van der Waals surface area contributed by atoms with Crippen LogP contribution in [0.4, 0.5) is 4.39 Å². The molecule has 0 bridgehead atoms. The van der Waals surface area contributed by atoms with E-state index in [1.54, 1.807) is 6.92 Å². The second-order valence-electron chi connectivity index (χ2n) is 5.35. The van der Waals surface area contributed by atoms with Gasteiger partial charge in [0.2, 0.25) is 19.7 Å². The monoisotopic (exact) mass is 356 g/mol. The van der Waals surface area contributed by atoms with E-state index < -0.39 is 39.9 Å². The van der Waals surface area contributed by atoms with Crippen LogP contribution < -0.4 is 0 Å². The lowest BCUT2D eigenvalue weighted by molar-refractivity contribution is 0.0958. The van der Waals surface area contributed by atoms with Gasteiger partial charge in [0.1, 0.15) is 6.10 Å². The fourth-order valence-corrected chi connectivity index (χ4v) is 7.57. The van der Waals surface area contributed by atoms with Crippen LogP contribution in [0.1, 0.15) is 17.2 Å². The van der Waals surface area contributed by atoms with Gasteiger partial charge in [-0.3, -0.25) is 0 Å². The number of aryl methyl sites for hydroxylation is 1. The Labute approximate surface area is 133 Å². The number of sulfone groups is 2. The first kappa shape index (κ1) is 16.1. The Morgan fingerprint density at radius 1 is 0.913 bits per heavy atom. The van der Waals surface area contributed by atoms with Gasteiger partial charge < -0.3 is 5.11 Å². The van der Waals surface area contributed by atoms with Crippen molar-refractivity contribution in [3.63, 3.8) is 0 Å². The number of alkyl halides is 1. The van der Waals surface area contributed by atoms with E-state index in [9.17, 15) is 21.9 Å². The summed E-state index contributed by atoms with van der Waals surface area (Å²) in [5.74, 6) is 0. The van der Waals surface area contributed by atoms with Crippen LogP contribution in [0.15, 0.2) is 58.3 Å². The highest BCUT2D eigenvalue weighted by molar-refractivity contribution is 8.12. The number of hydrogen-bond donors (Lipinski definition) is 1. The molecule has 2 aromatic rings. The Balaban J connectivity index is 2.28. The van der Waals surface area contributed by atoms with E-state index in [0.29, 0.717) is 0 Å². The molecule has 0 amide bonds. The summed E-state index contributed by atoms with van der Waals surface area (Å²) >= 11 is 0. The largest absolute Gasteiger partial charge is 0.383 e. The van der Waals surface area contributed by atoms with Gasteiger partial charge in [0.15, 0.2) is 0 Å². The summed E-state index contributed by atoms with van der Waals surface area (Å²) < 4.78 is 61.5. The highest BCUT2D eigenvalue weighted by Crippen LogP contribution is 2.52. The summed E-state index contributed by atoms with van der Waals surface area (Å²) in [6.45, 7) is 1.75. The molecule has 0 saturated carbocycles. The number of hydrogen-bond acceptors (Lipinski definition) is 5. The minimum absolute atomic E-state index is 0.127. The molecule has 0 spiro atoms. The SMILES string of the molecule is Cc1ccc(C(O)C2(F)S(=O)(=O)c3ccccc3S2(=O)=O)cc1. The van der Waals surface area contributed by atoms with E-state index in [2.05, 4.69) is 0 Å². The van der Waals surface area contributed by atoms with Crippen LogP contribution in [-0.2, 0) is 19.7 Å². The Kier molecular flexibility index (Phi) is 3.40. The predicted octanol–water partition coefficient (Wildman–Crippen LogP) is 1.91. The third-order valence-corrected chi connectivity index (χ3v) is 9.11. The lowest BCUT2D eigenvalue weighted by Gasteiger charge is -2.24. The Morgan fingerprint density at radius 2 is 1.35 bits per heavy atom. The normalized spacial score (nSPS) is 21.5. The van der Waals surface area contributed by atoms with Crippen molar-refractivity contribution >= 4 is 19.7 Å². The standard InChI is InChI=1S/C15H13FO5S2/c1-10-6-8-11(9-7-10)14(17)15(16)22(18,19)12-4-2-3-5-13(12)23(15,20)21/h2-9,14,17H,1H3. The molecule has 1 atom stereocenters. The zero-order valence-corrected chi connectivity index (χ0v) is 13.6. The van der Waals surface area contributed by atoms with Crippen molar-refractivity contribution in [1.29, 1.82) is 0 Å². The van der Waals surface area contributed by atoms with Crippen LogP contribution >= 0.6 is 0 Å². The average molecular weight is 356 g/mol. The van der Waals surface area contributed by atoms with Gasteiger partial charge in [0.25, 0.3) is 0 Å². The van der Waals surface area contributed by atoms with Crippen LogP contribution in [0, 0.1) is 6.92 Å². The minimum Gasteiger partial charge on any atom is -0.383 e. The molecule has 122 valence electrons. The Hall–Kier alpha value is -1.77. The summed E-state index contributed by atoms with van der Waals surface area (Å²) in [6, 6.07) is 10.3. The smallest absolute Gasteiger partial charge is 0.346 e.